The molecule has 3 rings (SSSR count). The molecule has 0 aromatic heterocycles. The number of hydrogen-bond donors (Lipinski definition) is 2. The lowest BCUT2D eigenvalue weighted by Crippen LogP contribution is -2.47. The number of carbonyl (C=O) groups excluding carboxylic acids is 2. The SMILES string of the molecule is CCCNS(=O)(=O)c1ccc(OCC(=O)Nc2ccc(C(=O)N3CCN(C)CC3)cc2)c(Cl)c1. The average Bonchev–Trinajstić information content (AvgIpc) is 2.82. The number of sulfonamides is 1. The van der Waals surface area contributed by atoms with Gasteiger partial charge in [-0.1, -0.05) is 18.5 Å². The molecule has 0 unspecified atom stereocenters. The lowest BCUT2D eigenvalue weighted by atomic mass is 10.1. The average molecular weight is 509 g/mol. The molecule has 11 heteroatoms. The zero-order valence-electron chi connectivity index (χ0n) is 19.2. The number of amides is 2. The van der Waals surface area contributed by atoms with Gasteiger partial charge in [0.15, 0.2) is 6.61 Å². The Morgan fingerprint density at radius 2 is 1.74 bits per heavy atom. The van der Waals surface area contributed by atoms with Crippen LogP contribution in [-0.2, 0) is 14.8 Å². The maximum atomic E-state index is 12.6. The van der Waals surface area contributed by atoms with Gasteiger partial charge in [0, 0.05) is 44.0 Å². The molecule has 0 atom stereocenters. The van der Waals surface area contributed by atoms with E-state index in [1.807, 2.05) is 18.9 Å². The van der Waals surface area contributed by atoms with Gasteiger partial charge in [-0.25, -0.2) is 13.1 Å². The van der Waals surface area contributed by atoms with E-state index in [4.69, 9.17) is 16.3 Å². The Labute approximate surface area is 205 Å². The molecule has 0 spiro atoms. The topological polar surface area (TPSA) is 108 Å². The van der Waals surface area contributed by atoms with Crippen LogP contribution in [-0.4, -0.2) is 76.4 Å². The lowest BCUT2D eigenvalue weighted by Gasteiger charge is -2.32. The third-order valence-corrected chi connectivity index (χ3v) is 7.07. The van der Waals surface area contributed by atoms with Crippen LogP contribution in [0.5, 0.6) is 5.75 Å². The van der Waals surface area contributed by atoms with Crippen molar-refractivity contribution in [3.63, 3.8) is 0 Å². The van der Waals surface area contributed by atoms with Gasteiger partial charge in [-0.05, 0) is 55.9 Å². The van der Waals surface area contributed by atoms with Crippen molar-refractivity contribution < 1.29 is 22.7 Å². The van der Waals surface area contributed by atoms with Gasteiger partial charge in [-0.2, -0.15) is 0 Å². The summed E-state index contributed by atoms with van der Waals surface area (Å²) < 4.78 is 32.3. The molecule has 2 N–H and O–H groups in total. The first-order valence-corrected chi connectivity index (χ1v) is 12.9. The summed E-state index contributed by atoms with van der Waals surface area (Å²) in [4.78, 5) is 28.9. The zero-order chi connectivity index (χ0) is 24.7. The second-order valence-corrected chi connectivity index (χ2v) is 10.2. The molecule has 1 heterocycles. The van der Waals surface area contributed by atoms with Gasteiger partial charge in [0.25, 0.3) is 11.8 Å². The first kappa shape index (κ1) is 26.0. The first-order chi connectivity index (χ1) is 16.2. The molecule has 0 bridgehead atoms. The van der Waals surface area contributed by atoms with Gasteiger partial charge in [-0.3, -0.25) is 9.59 Å². The van der Waals surface area contributed by atoms with Crippen molar-refractivity contribution in [2.24, 2.45) is 0 Å². The zero-order valence-corrected chi connectivity index (χ0v) is 20.8. The maximum Gasteiger partial charge on any atom is 0.262 e. The highest BCUT2D eigenvalue weighted by Gasteiger charge is 2.20. The number of benzene rings is 2. The van der Waals surface area contributed by atoms with E-state index in [0.717, 1.165) is 13.1 Å². The van der Waals surface area contributed by atoms with E-state index in [0.29, 0.717) is 37.3 Å². The quantitative estimate of drug-likeness (QED) is 0.538. The van der Waals surface area contributed by atoms with Crippen LogP contribution >= 0.6 is 11.6 Å². The summed E-state index contributed by atoms with van der Waals surface area (Å²) in [7, 11) is -1.62. The van der Waals surface area contributed by atoms with Crippen LogP contribution in [0.3, 0.4) is 0 Å². The van der Waals surface area contributed by atoms with E-state index >= 15 is 0 Å². The van der Waals surface area contributed by atoms with E-state index in [2.05, 4.69) is 14.9 Å². The normalized spacial score (nSPS) is 14.6. The molecule has 184 valence electrons. The molecular weight excluding hydrogens is 480 g/mol. The van der Waals surface area contributed by atoms with Crippen molar-refractivity contribution in [3.05, 3.63) is 53.1 Å². The Hall–Kier alpha value is -2.66. The smallest absolute Gasteiger partial charge is 0.262 e. The summed E-state index contributed by atoms with van der Waals surface area (Å²) in [5.41, 5.74) is 1.09. The van der Waals surface area contributed by atoms with Gasteiger partial charge in [0.05, 0.1) is 9.92 Å². The number of ether oxygens (including phenoxy) is 1. The number of hydrogen-bond acceptors (Lipinski definition) is 6. The molecule has 34 heavy (non-hydrogen) atoms. The third kappa shape index (κ3) is 6.92. The highest BCUT2D eigenvalue weighted by Crippen LogP contribution is 2.27. The van der Waals surface area contributed by atoms with E-state index in [1.54, 1.807) is 24.3 Å². The molecule has 2 aromatic rings. The molecule has 2 aromatic carbocycles. The number of nitrogens with zero attached hydrogens (tertiary/aromatic N) is 2. The Kier molecular flexibility index (Phi) is 8.90. The molecule has 1 aliphatic heterocycles. The minimum Gasteiger partial charge on any atom is -0.482 e. The van der Waals surface area contributed by atoms with Crippen molar-refractivity contribution in [2.45, 2.75) is 18.2 Å². The fourth-order valence-corrected chi connectivity index (χ4v) is 4.77. The largest absolute Gasteiger partial charge is 0.482 e. The van der Waals surface area contributed by atoms with E-state index in [1.165, 1.54) is 18.2 Å². The number of likely N-dealkylation sites (N-methyl/N-ethyl adjacent to an activating group) is 1. The minimum atomic E-state index is -3.65. The monoisotopic (exact) mass is 508 g/mol. The van der Waals surface area contributed by atoms with Crippen LogP contribution in [0.4, 0.5) is 5.69 Å². The van der Waals surface area contributed by atoms with Crippen molar-refractivity contribution in [1.82, 2.24) is 14.5 Å². The fraction of sp³-hybridized carbons (Fsp3) is 0.391. The molecule has 9 nitrogen and oxygen atoms in total. The molecule has 1 saturated heterocycles. The highest BCUT2D eigenvalue weighted by atomic mass is 35.5. The molecule has 0 radical (unpaired) electrons. The predicted molar refractivity (Wildman–Crippen MR) is 131 cm³/mol. The molecule has 0 saturated carbocycles. The molecule has 1 fully saturated rings. The lowest BCUT2D eigenvalue weighted by molar-refractivity contribution is -0.118. The standard InChI is InChI=1S/C23H29ClN4O5S/c1-3-10-25-34(31,32)19-8-9-21(20(24)15-19)33-16-22(29)26-18-6-4-17(5-7-18)23(30)28-13-11-27(2)12-14-28/h4-9,15,25H,3,10-14,16H2,1-2H3,(H,26,29). The van der Waals surface area contributed by atoms with Crippen LogP contribution < -0.4 is 14.8 Å². The van der Waals surface area contributed by atoms with Crippen molar-refractivity contribution in [1.29, 1.82) is 0 Å². The Morgan fingerprint density at radius 1 is 1.06 bits per heavy atom. The van der Waals surface area contributed by atoms with Gasteiger partial charge in [-0.15, -0.1) is 0 Å². The summed E-state index contributed by atoms with van der Waals surface area (Å²) in [5, 5.41) is 2.78. The van der Waals surface area contributed by atoms with E-state index in [-0.39, 0.29) is 28.2 Å². The fourth-order valence-electron chi connectivity index (χ4n) is 3.31. The summed E-state index contributed by atoms with van der Waals surface area (Å²) >= 11 is 6.14. The molecule has 1 aliphatic rings. The van der Waals surface area contributed by atoms with Crippen LogP contribution in [0.2, 0.25) is 5.02 Å². The van der Waals surface area contributed by atoms with E-state index < -0.39 is 15.9 Å². The number of rotatable bonds is 9. The summed E-state index contributed by atoms with van der Waals surface area (Å²) in [5.74, 6) is -0.255. The maximum absolute atomic E-state index is 12.6. The van der Waals surface area contributed by atoms with Crippen LogP contribution in [0, 0.1) is 0 Å². The highest BCUT2D eigenvalue weighted by molar-refractivity contribution is 7.89. The van der Waals surface area contributed by atoms with Gasteiger partial charge in [0.1, 0.15) is 5.75 Å². The van der Waals surface area contributed by atoms with Crippen LogP contribution in [0.25, 0.3) is 0 Å². The van der Waals surface area contributed by atoms with Crippen molar-refractivity contribution in [3.8, 4) is 5.75 Å². The Morgan fingerprint density at radius 3 is 2.35 bits per heavy atom. The summed E-state index contributed by atoms with van der Waals surface area (Å²) in [6.45, 7) is 4.94. The Bertz CT molecular complexity index is 1120. The van der Waals surface area contributed by atoms with Gasteiger partial charge in [0.2, 0.25) is 10.0 Å². The number of piperazine rings is 1. The summed E-state index contributed by atoms with van der Waals surface area (Å²) in [6.07, 6.45) is 0.665. The number of nitrogens with one attached hydrogen (secondary N) is 2. The van der Waals surface area contributed by atoms with Gasteiger partial charge >= 0.3 is 0 Å². The first-order valence-electron chi connectivity index (χ1n) is 11.0. The van der Waals surface area contributed by atoms with E-state index in [9.17, 15) is 18.0 Å². The van der Waals surface area contributed by atoms with Crippen molar-refractivity contribution >= 4 is 39.1 Å². The minimum absolute atomic E-state index is 0.0222. The molecular formula is C23H29ClN4O5S. The second-order valence-electron chi connectivity index (χ2n) is 8.00. The van der Waals surface area contributed by atoms with Crippen molar-refractivity contribution in [2.75, 3.05) is 51.7 Å². The molecule has 2 amide bonds. The summed E-state index contributed by atoms with van der Waals surface area (Å²) in [6, 6.07) is 10.7. The number of halogens is 1. The third-order valence-electron chi connectivity index (χ3n) is 5.32. The Balaban J connectivity index is 1.52. The van der Waals surface area contributed by atoms with Gasteiger partial charge < -0.3 is 19.9 Å². The van der Waals surface area contributed by atoms with Crippen LogP contribution in [0.1, 0.15) is 23.7 Å². The van der Waals surface area contributed by atoms with Crippen LogP contribution in [0.15, 0.2) is 47.4 Å². The second kappa shape index (κ2) is 11.7. The molecule has 0 aliphatic carbocycles. The predicted octanol–water partition coefficient (Wildman–Crippen LogP) is 2.43. The number of carbonyl (C=O) groups is 2. The number of anilines is 1.